The number of carboxylic acids is 1. The Labute approximate surface area is 206 Å². The van der Waals surface area contributed by atoms with Crippen molar-refractivity contribution in [3.8, 4) is 0 Å². The fourth-order valence-electron chi connectivity index (χ4n) is 6.63. The summed E-state index contributed by atoms with van der Waals surface area (Å²) in [4.78, 5) is 39.9. The van der Waals surface area contributed by atoms with E-state index in [9.17, 15) is 19.5 Å². The van der Waals surface area contributed by atoms with E-state index in [1.165, 1.54) is 11.3 Å². The van der Waals surface area contributed by atoms with E-state index in [0.29, 0.717) is 16.5 Å². The molecule has 4 rings (SSSR count). The predicted molar refractivity (Wildman–Crippen MR) is 133 cm³/mol. The van der Waals surface area contributed by atoms with Crippen LogP contribution in [0.3, 0.4) is 0 Å². The lowest BCUT2D eigenvalue weighted by molar-refractivity contribution is -0.148. The number of fused-ring (bicyclic) bond motifs is 3. The Morgan fingerprint density at radius 1 is 1.09 bits per heavy atom. The summed E-state index contributed by atoms with van der Waals surface area (Å²) in [5.41, 5.74) is 3.90. The number of aliphatic carboxylic acids is 1. The molecule has 5 atom stereocenters. The third-order valence-electron chi connectivity index (χ3n) is 8.21. The van der Waals surface area contributed by atoms with E-state index in [1.807, 2.05) is 13.8 Å². The lowest BCUT2D eigenvalue weighted by Gasteiger charge is -2.33. The summed E-state index contributed by atoms with van der Waals surface area (Å²) in [7, 11) is 0. The molecule has 2 saturated carbocycles. The van der Waals surface area contributed by atoms with E-state index in [2.05, 4.69) is 26.1 Å². The average Bonchev–Trinajstić information content (AvgIpc) is 3.41. The Kier molecular flexibility index (Phi) is 6.71. The quantitative estimate of drug-likeness (QED) is 0.410. The lowest BCUT2D eigenvalue weighted by Crippen LogP contribution is -2.38. The van der Waals surface area contributed by atoms with Gasteiger partial charge in [-0.3, -0.25) is 9.59 Å². The second-order valence-corrected chi connectivity index (χ2v) is 12.5. The van der Waals surface area contributed by atoms with Crippen LogP contribution in [-0.4, -0.2) is 29.6 Å². The maximum atomic E-state index is 13.6. The van der Waals surface area contributed by atoms with E-state index < -0.39 is 23.8 Å². The van der Waals surface area contributed by atoms with Gasteiger partial charge in [-0.2, -0.15) is 0 Å². The third kappa shape index (κ3) is 4.21. The highest BCUT2D eigenvalue weighted by Gasteiger charge is 2.57. The number of nitrogens with one attached hydrogen (secondary N) is 1. The van der Waals surface area contributed by atoms with E-state index in [0.717, 1.165) is 53.7 Å². The van der Waals surface area contributed by atoms with Crippen molar-refractivity contribution in [2.45, 2.75) is 73.6 Å². The monoisotopic (exact) mass is 487 g/mol. The van der Waals surface area contributed by atoms with Crippen LogP contribution in [0.15, 0.2) is 11.1 Å². The molecule has 3 aliphatic carbocycles. The number of hydrogen-bond donors (Lipinski definition) is 2. The summed E-state index contributed by atoms with van der Waals surface area (Å²) in [6.07, 6.45) is 4.31. The van der Waals surface area contributed by atoms with Crippen molar-refractivity contribution in [3.63, 3.8) is 0 Å². The summed E-state index contributed by atoms with van der Waals surface area (Å²) in [6, 6.07) is 0. The minimum absolute atomic E-state index is 0.0398. The molecule has 0 saturated heterocycles. The fourth-order valence-corrected chi connectivity index (χ4v) is 7.95. The van der Waals surface area contributed by atoms with Gasteiger partial charge in [0.25, 0.3) is 0 Å². The van der Waals surface area contributed by atoms with Crippen LogP contribution in [0, 0.1) is 35.0 Å². The van der Waals surface area contributed by atoms with Crippen LogP contribution < -0.4 is 5.32 Å². The van der Waals surface area contributed by atoms with Crippen molar-refractivity contribution in [2.24, 2.45) is 35.0 Å². The van der Waals surface area contributed by atoms with Crippen LogP contribution in [0.1, 0.15) is 81.6 Å². The minimum atomic E-state index is -0.907. The minimum Gasteiger partial charge on any atom is -0.481 e. The number of thiophene rings is 1. The van der Waals surface area contributed by atoms with Crippen LogP contribution in [-0.2, 0) is 27.2 Å². The largest absolute Gasteiger partial charge is 0.481 e. The number of hydrogen-bond acceptors (Lipinski definition) is 5. The number of rotatable bonds is 5. The maximum absolute atomic E-state index is 13.6. The lowest BCUT2D eigenvalue weighted by atomic mass is 9.72. The summed E-state index contributed by atoms with van der Waals surface area (Å²) in [5.74, 6) is -2.53. The first-order valence-corrected chi connectivity index (χ1v) is 13.3. The summed E-state index contributed by atoms with van der Waals surface area (Å²) in [5, 5.41) is 13.5. The first kappa shape index (κ1) is 25.0. The molecule has 2 fully saturated rings. The maximum Gasteiger partial charge on any atom is 0.341 e. The number of esters is 1. The van der Waals surface area contributed by atoms with E-state index in [4.69, 9.17) is 4.74 Å². The van der Waals surface area contributed by atoms with Gasteiger partial charge in [0, 0.05) is 4.88 Å². The Balaban J connectivity index is 1.68. The van der Waals surface area contributed by atoms with Gasteiger partial charge >= 0.3 is 11.9 Å². The van der Waals surface area contributed by atoms with Gasteiger partial charge in [-0.05, 0) is 81.6 Å². The first-order chi connectivity index (χ1) is 16.0. The van der Waals surface area contributed by atoms with Crippen molar-refractivity contribution in [2.75, 3.05) is 11.9 Å². The molecule has 3 aliphatic rings. The van der Waals surface area contributed by atoms with Crippen LogP contribution in [0.4, 0.5) is 5.00 Å². The zero-order valence-corrected chi connectivity index (χ0v) is 21.9. The van der Waals surface area contributed by atoms with Crippen LogP contribution in [0.5, 0.6) is 0 Å². The second kappa shape index (κ2) is 9.14. The van der Waals surface area contributed by atoms with Crippen LogP contribution in [0.2, 0.25) is 0 Å². The van der Waals surface area contributed by atoms with Gasteiger partial charge in [0.05, 0.1) is 24.0 Å². The Morgan fingerprint density at radius 3 is 2.29 bits per heavy atom. The van der Waals surface area contributed by atoms with Crippen molar-refractivity contribution in [1.82, 2.24) is 0 Å². The normalized spacial score (nSPS) is 27.9. The van der Waals surface area contributed by atoms with Gasteiger partial charge in [-0.25, -0.2) is 4.79 Å². The molecule has 1 amide bonds. The molecule has 1 heterocycles. The van der Waals surface area contributed by atoms with Gasteiger partial charge in [0.15, 0.2) is 0 Å². The van der Waals surface area contributed by atoms with Crippen LogP contribution >= 0.6 is 11.3 Å². The molecule has 2 bridgehead atoms. The predicted octanol–water partition coefficient (Wildman–Crippen LogP) is 5.71. The molecule has 1 aromatic rings. The average molecular weight is 488 g/mol. The van der Waals surface area contributed by atoms with Crippen molar-refractivity contribution in [3.05, 3.63) is 27.2 Å². The van der Waals surface area contributed by atoms with Crippen LogP contribution in [0.25, 0.3) is 0 Å². The third-order valence-corrected chi connectivity index (χ3v) is 9.38. The molecule has 2 N–H and O–H groups in total. The van der Waals surface area contributed by atoms with Gasteiger partial charge < -0.3 is 15.2 Å². The molecule has 0 spiro atoms. The molecule has 186 valence electrons. The summed E-state index contributed by atoms with van der Waals surface area (Å²) < 4.78 is 5.37. The number of ether oxygens (including phenoxy) is 1. The molecule has 7 heteroatoms. The fraction of sp³-hybridized carbons (Fsp3) is 0.667. The zero-order valence-electron chi connectivity index (χ0n) is 21.1. The summed E-state index contributed by atoms with van der Waals surface area (Å²) >= 11 is 1.47. The Hall–Kier alpha value is -2.15. The number of anilines is 1. The SMILES string of the molecule is CCOC(=O)c1c(NC(=O)[C@H]2[C@@H](C(=O)O)[C@@H]3CC[C@H]2C3=C(C)C)sc2c1CC[C@@H](C(C)(C)C)C2. The summed E-state index contributed by atoms with van der Waals surface area (Å²) in [6.45, 7) is 12.8. The topological polar surface area (TPSA) is 92.7 Å². The second-order valence-electron chi connectivity index (χ2n) is 11.4. The molecule has 0 aliphatic heterocycles. The first-order valence-electron chi connectivity index (χ1n) is 12.5. The van der Waals surface area contributed by atoms with Gasteiger partial charge in [0.1, 0.15) is 5.00 Å². The van der Waals surface area contributed by atoms with Gasteiger partial charge in [-0.1, -0.05) is 31.9 Å². The number of carbonyl (C=O) groups is 3. The zero-order chi connectivity index (χ0) is 24.9. The standard InChI is InChI=1S/C27H37NO5S/c1-7-33-26(32)22-15-9-8-14(27(4,5)6)12-18(15)34-24(22)28-23(29)20-16-10-11-17(19(16)13(2)3)21(20)25(30)31/h14,16-17,20-21H,7-12H2,1-6H3,(H,28,29)(H,30,31)/t14-,16+,17-,20-,21+/m1/s1. The molecule has 34 heavy (non-hydrogen) atoms. The number of carboxylic acid groups (broad SMARTS) is 1. The van der Waals surface area contributed by atoms with Crippen molar-refractivity contribution >= 4 is 34.2 Å². The van der Waals surface area contributed by atoms with Gasteiger partial charge in [0.2, 0.25) is 5.91 Å². The highest BCUT2D eigenvalue weighted by atomic mass is 32.1. The number of allylic oxidation sites excluding steroid dienone is 2. The van der Waals surface area contributed by atoms with Gasteiger partial charge in [-0.15, -0.1) is 11.3 Å². The van der Waals surface area contributed by atoms with E-state index in [1.54, 1.807) is 6.92 Å². The molecule has 0 aromatic carbocycles. The molecule has 6 nitrogen and oxygen atoms in total. The van der Waals surface area contributed by atoms with Crippen molar-refractivity contribution < 1.29 is 24.2 Å². The molecular weight excluding hydrogens is 450 g/mol. The van der Waals surface area contributed by atoms with E-state index >= 15 is 0 Å². The number of amides is 1. The molecular formula is C27H37NO5S. The Bertz CT molecular complexity index is 1040. The number of carbonyl (C=O) groups excluding carboxylic acids is 2. The smallest absolute Gasteiger partial charge is 0.341 e. The van der Waals surface area contributed by atoms with Crippen molar-refractivity contribution in [1.29, 1.82) is 0 Å². The van der Waals surface area contributed by atoms with E-state index in [-0.39, 0.29) is 29.8 Å². The molecule has 0 unspecified atom stereocenters. The highest BCUT2D eigenvalue weighted by molar-refractivity contribution is 7.17. The molecule has 1 aromatic heterocycles. The highest BCUT2D eigenvalue weighted by Crippen LogP contribution is 2.57. The molecule has 0 radical (unpaired) electrons. The Morgan fingerprint density at radius 2 is 1.74 bits per heavy atom.